The number of amides is 2. The lowest BCUT2D eigenvalue weighted by Crippen LogP contribution is -2.34. The van der Waals surface area contributed by atoms with E-state index in [0.29, 0.717) is 12.3 Å². The van der Waals surface area contributed by atoms with Crippen LogP contribution in [0.1, 0.15) is 5.56 Å². The molecule has 164 valence electrons. The summed E-state index contributed by atoms with van der Waals surface area (Å²) < 4.78 is 63.6. The molecule has 0 radical (unpaired) electrons. The monoisotopic (exact) mass is 475 g/mol. The molecule has 2 N–H and O–H groups in total. The Bertz CT molecular complexity index is 1180. The minimum Gasteiger partial charge on any atom is -0.395 e. The molecule has 0 aliphatic carbocycles. The van der Waals surface area contributed by atoms with E-state index in [0.717, 1.165) is 23.1 Å². The number of anilines is 1. The van der Waals surface area contributed by atoms with Crippen LogP contribution < -0.4 is 5.32 Å². The van der Waals surface area contributed by atoms with E-state index in [1.54, 1.807) is 0 Å². The van der Waals surface area contributed by atoms with Crippen LogP contribution in [0, 0.1) is 0 Å². The predicted octanol–water partition coefficient (Wildman–Crippen LogP) is 2.24. The second-order valence-electron chi connectivity index (χ2n) is 6.24. The van der Waals surface area contributed by atoms with Crippen LogP contribution >= 0.6 is 11.6 Å². The number of alkyl halides is 3. The summed E-state index contributed by atoms with van der Waals surface area (Å²) >= 11 is 5.73. The molecule has 0 atom stereocenters. The van der Waals surface area contributed by atoms with Crippen LogP contribution in [0.25, 0.3) is 0 Å². The Morgan fingerprint density at radius 3 is 2.35 bits per heavy atom. The molecule has 1 aliphatic rings. The smallest absolute Gasteiger partial charge is 0.395 e. The molecule has 3 rings (SSSR count). The average Bonchev–Trinajstić information content (AvgIpc) is 2.95. The number of hydrogen-bond acceptors (Lipinski definition) is 7. The number of halogens is 4. The molecule has 2 heterocycles. The first kappa shape index (κ1) is 22.7. The number of nitrogens with zero attached hydrogens (tertiary/aromatic N) is 2. The van der Waals surface area contributed by atoms with Crippen LogP contribution in [-0.4, -0.2) is 48.4 Å². The van der Waals surface area contributed by atoms with Gasteiger partial charge in [0.1, 0.15) is 5.70 Å². The van der Waals surface area contributed by atoms with Crippen molar-refractivity contribution in [3.05, 3.63) is 58.9 Å². The zero-order valence-corrected chi connectivity index (χ0v) is 16.9. The zero-order chi connectivity index (χ0) is 23.0. The van der Waals surface area contributed by atoms with E-state index in [-0.39, 0.29) is 22.8 Å². The van der Waals surface area contributed by atoms with Crippen LogP contribution in [0.15, 0.2) is 58.2 Å². The molecule has 8 nitrogen and oxygen atoms in total. The zero-order valence-electron chi connectivity index (χ0n) is 15.4. The number of aliphatic hydroxyl groups is 1. The molecule has 0 bridgehead atoms. The second-order valence-corrected chi connectivity index (χ2v) is 8.51. The Kier molecular flexibility index (Phi) is 6.07. The number of aliphatic hydroxyl groups excluding tert-OH is 1. The molecule has 0 spiro atoms. The summed E-state index contributed by atoms with van der Waals surface area (Å²) in [5, 5.41) is 10.2. The number of aromatic nitrogens is 1. The van der Waals surface area contributed by atoms with Crippen molar-refractivity contribution in [1.82, 2.24) is 9.88 Å². The van der Waals surface area contributed by atoms with Crippen molar-refractivity contribution in [2.45, 2.75) is 16.1 Å². The summed E-state index contributed by atoms with van der Waals surface area (Å²) in [4.78, 5) is 27.8. The number of nitrogens with one attached hydrogen (secondary N) is 1. The molecular formula is C18H13ClF3N3O5S. The number of carbonyl (C=O) groups is 2. The van der Waals surface area contributed by atoms with Gasteiger partial charge in [0.25, 0.3) is 11.8 Å². The average molecular weight is 476 g/mol. The topological polar surface area (TPSA) is 117 Å². The summed E-state index contributed by atoms with van der Waals surface area (Å²) in [6.45, 7) is -0.566. The third-order valence-electron chi connectivity index (χ3n) is 4.17. The van der Waals surface area contributed by atoms with E-state index in [9.17, 15) is 31.2 Å². The quantitative estimate of drug-likeness (QED) is 0.615. The van der Waals surface area contributed by atoms with Gasteiger partial charge in [-0.1, -0.05) is 11.6 Å². The molecule has 0 saturated heterocycles. The van der Waals surface area contributed by atoms with Gasteiger partial charge in [-0.05, 0) is 30.3 Å². The highest BCUT2D eigenvalue weighted by atomic mass is 35.5. The maximum Gasteiger partial charge on any atom is 0.417 e. The van der Waals surface area contributed by atoms with E-state index < -0.39 is 50.0 Å². The number of carbonyl (C=O) groups excluding carboxylic acids is 2. The first-order valence-corrected chi connectivity index (χ1v) is 10.3. The third kappa shape index (κ3) is 4.55. The van der Waals surface area contributed by atoms with Crippen molar-refractivity contribution in [2.24, 2.45) is 0 Å². The molecule has 0 saturated carbocycles. The Hall–Kier alpha value is -2.96. The van der Waals surface area contributed by atoms with Gasteiger partial charge in [0.15, 0.2) is 5.03 Å². The van der Waals surface area contributed by atoms with Gasteiger partial charge in [0, 0.05) is 18.0 Å². The summed E-state index contributed by atoms with van der Waals surface area (Å²) in [5.74, 6) is -1.26. The van der Waals surface area contributed by atoms with Crippen LogP contribution in [0.2, 0.25) is 5.02 Å². The van der Waals surface area contributed by atoms with Gasteiger partial charge in [-0.3, -0.25) is 14.5 Å². The maximum absolute atomic E-state index is 12.7. The molecule has 0 fully saturated rings. The first-order chi connectivity index (χ1) is 14.4. The fourth-order valence-corrected chi connectivity index (χ4v) is 4.37. The molecule has 2 aromatic rings. The van der Waals surface area contributed by atoms with Crippen LogP contribution in [-0.2, 0) is 25.6 Å². The number of imide groups is 1. The Morgan fingerprint density at radius 1 is 1.16 bits per heavy atom. The lowest BCUT2D eigenvalue weighted by Gasteiger charge is -2.13. The minimum atomic E-state index is -4.73. The van der Waals surface area contributed by atoms with Crippen LogP contribution in [0.5, 0.6) is 0 Å². The number of sulfone groups is 1. The fourth-order valence-electron chi connectivity index (χ4n) is 2.67. The van der Waals surface area contributed by atoms with Gasteiger partial charge in [0.2, 0.25) is 9.84 Å². The van der Waals surface area contributed by atoms with E-state index >= 15 is 0 Å². The van der Waals surface area contributed by atoms with Gasteiger partial charge >= 0.3 is 6.18 Å². The molecule has 1 aromatic carbocycles. The van der Waals surface area contributed by atoms with Crippen molar-refractivity contribution in [3.63, 3.8) is 0 Å². The normalized spacial score (nSPS) is 14.7. The highest BCUT2D eigenvalue weighted by Gasteiger charge is 2.34. The van der Waals surface area contributed by atoms with Crippen molar-refractivity contribution in [2.75, 3.05) is 18.5 Å². The second kappa shape index (κ2) is 8.29. The number of benzene rings is 1. The highest BCUT2D eigenvalue weighted by molar-refractivity contribution is 7.91. The molecule has 2 amide bonds. The Balaban J connectivity index is 1.82. The van der Waals surface area contributed by atoms with E-state index in [1.165, 1.54) is 12.1 Å². The standard InChI is InChI=1S/C18H13ClF3N3O5S/c19-13-7-10(18(20,21)22)9-23-16(13)31(29,30)12-3-1-11(2-4-12)24-14-8-15(27)25(5-6-26)17(14)28/h1-4,7-9,24,26H,5-6H2. The lowest BCUT2D eigenvalue weighted by atomic mass is 10.3. The molecule has 13 heteroatoms. The van der Waals surface area contributed by atoms with Gasteiger partial charge in [-0.15, -0.1) is 0 Å². The number of pyridine rings is 1. The third-order valence-corrected chi connectivity index (χ3v) is 6.29. The number of hydrogen-bond donors (Lipinski definition) is 2. The summed E-state index contributed by atoms with van der Waals surface area (Å²) in [6, 6.07) is 5.34. The van der Waals surface area contributed by atoms with Gasteiger partial charge in [0.05, 0.1) is 28.6 Å². The Labute approximate surface area is 178 Å². The highest BCUT2D eigenvalue weighted by Crippen LogP contribution is 2.34. The lowest BCUT2D eigenvalue weighted by molar-refractivity contribution is -0.138. The van der Waals surface area contributed by atoms with E-state index in [2.05, 4.69) is 10.3 Å². The molecule has 1 aromatic heterocycles. The van der Waals surface area contributed by atoms with E-state index in [4.69, 9.17) is 16.7 Å². The van der Waals surface area contributed by atoms with Crippen molar-refractivity contribution in [1.29, 1.82) is 0 Å². The molecular weight excluding hydrogens is 463 g/mol. The molecule has 0 unspecified atom stereocenters. The van der Waals surface area contributed by atoms with Crippen molar-refractivity contribution < 1.29 is 36.3 Å². The first-order valence-electron chi connectivity index (χ1n) is 8.48. The SMILES string of the molecule is O=C1C=C(Nc2ccc(S(=O)(=O)c3ncc(C(F)(F)F)cc3Cl)cc2)C(=O)N1CCO. The van der Waals surface area contributed by atoms with Crippen molar-refractivity contribution >= 4 is 38.9 Å². The molecule has 1 aliphatic heterocycles. The summed E-state index contributed by atoms with van der Waals surface area (Å²) in [7, 11) is -4.32. The van der Waals surface area contributed by atoms with E-state index in [1.807, 2.05) is 0 Å². The van der Waals surface area contributed by atoms with Gasteiger partial charge in [-0.2, -0.15) is 13.2 Å². The summed E-state index contributed by atoms with van der Waals surface area (Å²) in [6.07, 6.45) is -3.32. The van der Waals surface area contributed by atoms with Crippen molar-refractivity contribution in [3.8, 4) is 0 Å². The maximum atomic E-state index is 12.7. The van der Waals surface area contributed by atoms with Crippen LogP contribution in [0.3, 0.4) is 0 Å². The fraction of sp³-hybridized carbons (Fsp3) is 0.167. The Morgan fingerprint density at radius 2 is 1.81 bits per heavy atom. The van der Waals surface area contributed by atoms with Gasteiger partial charge < -0.3 is 10.4 Å². The largest absolute Gasteiger partial charge is 0.417 e. The predicted molar refractivity (Wildman–Crippen MR) is 102 cm³/mol. The number of rotatable bonds is 6. The minimum absolute atomic E-state index is 0.0680. The summed E-state index contributed by atoms with van der Waals surface area (Å²) in [5.41, 5.74) is -0.986. The van der Waals surface area contributed by atoms with Gasteiger partial charge in [-0.25, -0.2) is 13.4 Å². The van der Waals surface area contributed by atoms with Crippen LogP contribution in [0.4, 0.5) is 18.9 Å². The molecule has 31 heavy (non-hydrogen) atoms. The number of β-amino-alcohol motifs (C(OH)–C–C–N with tert-alkyl or cyclic N) is 1.